The summed E-state index contributed by atoms with van der Waals surface area (Å²) in [5.41, 5.74) is 1.82. The van der Waals surface area contributed by atoms with Crippen molar-refractivity contribution in [3.63, 3.8) is 0 Å². The maximum absolute atomic E-state index is 13.4. The first-order valence-corrected chi connectivity index (χ1v) is 9.08. The minimum atomic E-state index is -0.326. The molecule has 134 valence electrons. The van der Waals surface area contributed by atoms with Crippen LogP contribution >= 0.6 is 11.3 Å². The predicted octanol–water partition coefficient (Wildman–Crippen LogP) is 5.65. The van der Waals surface area contributed by atoms with E-state index in [4.69, 9.17) is 4.74 Å². The van der Waals surface area contributed by atoms with Crippen LogP contribution in [-0.4, -0.2) is 18.0 Å². The number of hydrogen-bond donors (Lipinski definition) is 1. The molecule has 0 saturated carbocycles. The standard InChI is InChI=1S/C22H15FO3S/c1-26-17-10-11-18-19(12-17)27-22(14-2-6-15(23)7-3-14)20(18)21(25)13-4-8-16(24)9-5-13/h2-12,24H,1H3. The number of phenols is 1. The van der Waals surface area contributed by atoms with E-state index in [0.29, 0.717) is 16.9 Å². The van der Waals surface area contributed by atoms with Crippen molar-refractivity contribution in [2.24, 2.45) is 0 Å². The molecule has 4 rings (SSSR count). The SMILES string of the molecule is COc1ccc2c(C(=O)c3ccc(O)cc3)c(-c3ccc(F)cc3)sc2c1. The molecule has 0 unspecified atom stereocenters. The van der Waals surface area contributed by atoms with Crippen LogP contribution in [0.1, 0.15) is 15.9 Å². The third kappa shape index (κ3) is 3.17. The van der Waals surface area contributed by atoms with Crippen LogP contribution in [0.15, 0.2) is 66.7 Å². The van der Waals surface area contributed by atoms with E-state index in [2.05, 4.69) is 0 Å². The van der Waals surface area contributed by atoms with Gasteiger partial charge in [0.05, 0.1) is 7.11 Å². The van der Waals surface area contributed by atoms with Crippen LogP contribution in [0.5, 0.6) is 11.5 Å². The third-order valence-electron chi connectivity index (χ3n) is 4.36. The van der Waals surface area contributed by atoms with E-state index >= 15 is 0 Å². The Hall–Kier alpha value is -3.18. The van der Waals surface area contributed by atoms with Crippen molar-refractivity contribution >= 4 is 27.2 Å². The van der Waals surface area contributed by atoms with Gasteiger partial charge in [-0.05, 0) is 60.2 Å². The Morgan fingerprint density at radius 1 is 1.00 bits per heavy atom. The van der Waals surface area contributed by atoms with Crippen LogP contribution in [0.25, 0.3) is 20.5 Å². The molecule has 0 saturated heterocycles. The molecule has 1 heterocycles. The number of hydrogen-bond acceptors (Lipinski definition) is 4. The molecule has 0 radical (unpaired) electrons. The lowest BCUT2D eigenvalue weighted by molar-refractivity contribution is 0.104. The molecule has 3 nitrogen and oxygen atoms in total. The van der Waals surface area contributed by atoms with Gasteiger partial charge >= 0.3 is 0 Å². The van der Waals surface area contributed by atoms with Crippen LogP contribution in [0.4, 0.5) is 4.39 Å². The topological polar surface area (TPSA) is 46.5 Å². The fraction of sp³-hybridized carbons (Fsp3) is 0.0455. The van der Waals surface area contributed by atoms with Crippen LogP contribution in [0, 0.1) is 5.82 Å². The zero-order valence-electron chi connectivity index (χ0n) is 14.4. The van der Waals surface area contributed by atoms with Crippen LogP contribution < -0.4 is 4.74 Å². The molecule has 27 heavy (non-hydrogen) atoms. The molecule has 3 aromatic carbocycles. The van der Waals surface area contributed by atoms with Gasteiger partial charge in [0.1, 0.15) is 17.3 Å². The number of benzene rings is 3. The molecule has 0 fully saturated rings. The smallest absolute Gasteiger partial charge is 0.195 e. The van der Waals surface area contributed by atoms with E-state index in [9.17, 15) is 14.3 Å². The first kappa shape index (κ1) is 17.2. The van der Waals surface area contributed by atoms with Crippen molar-refractivity contribution < 1.29 is 19.0 Å². The first-order valence-electron chi connectivity index (χ1n) is 8.27. The predicted molar refractivity (Wildman–Crippen MR) is 105 cm³/mol. The monoisotopic (exact) mass is 378 g/mol. The Labute approximate surface area is 159 Å². The number of methoxy groups -OCH3 is 1. The number of phenolic OH excluding ortho intramolecular Hbond substituents is 1. The lowest BCUT2D eigenvalue weighted by Gasteiger charge is -2.06. The van der Waals surface area contributed by atoms with Gasteiger partial charge in [-0.15, -0.1) is 11.3 Å². The maximum Gasteiger partial charge on any atom is 0.195 e. The Balaban J connectivity index is 1.95. The summed E-state index contributed by atoms with van der Waals surface area (Å²) in [6, 6.07) is 17.9. The van der Waals surface area contributed by atoms with E-state index in [0.717, 1.165) is 20.5 Å². The van der Waals surface area contributed by atoms with Crippen molar-refractivity contribution in [2.75, 3.05) is 7.11 Å². The molecule has 0 atom stereocenters. The molecule has 1 aromatic heterocycles. The van der Waals surface area contributed by atoms with Gasteiger partial charge in [-0.1, -0.05) is 12.1 Å². The summed E-state index contributed by atoms with van der Waals surface area (Å²) in [6.07, 6.45) is 0. The number of rotatable bonds is 4. The van der Waals surface area contributed by atoms with Crippen molar-refractivity contribution in [1.82, 2.24) is 0 Å². The largest absolute Gasteiger partial charge is 0.508 e. The minimum Gasteiger partial charge on any atom is -0.508 e. The third-order valence-corrected chi connectivity index (χ3v) is 5.56. The Kier molecular flexibility index (Phi) is 4.38. The summed E-state index contributed by atoms with van der Waals surface area (Å²) in [7, 11) is 1.60. The summed E-state index contributed by atoms with van der Waals surface area (Å²) in [5.74, 6) is 0.335. The summed E-state index contributed by atoms with van der Waals surface area (Å²) >= 11 is 1.47. The second-order valence-electron chi connectivity index (χ2n) is 6.05. The maximum atomic E-state index is 13.4. The molecule has 0 amide bonds. The molecule has 1 N–H and O–H groups in total. The minimum absolute atomic E-state index is 0.102. The number of aromatic hydroxyl groups is 1. The fourth-order valence-electron chi connectivity index (χ4n) is 2.99. The van der Waals surface area contributed by atoms with Gasteiger partial charge in [0, 0.05) is 26.1 Å². The van der Waals surface area contributed by atoms with Crippen molar-refractivity contribution in [2.45, 2.75) is 0 Å². The first-order chi connectivity index (χ1) is 13.1. The lowest BCUT2D eigenvalue weighted by atomic mass is 9.97. The molecule has 0 aliphatic heterocycles. The van der Waals surface area contributed by atoms with Crippen molar-refractivity contribution in [3.05, 3.63) is 83.7 Å². The van der Waals surface area contributed by atoms with Gasteiger partial charge in [-0.2, -0.15) is 0 Å². The number of thiophene rings is 1. The van der Waals surface area contributed by atoms with Gasteiger partial charge in [0.15, 0.2) is 5.78 Å². The number of fused-ring (bicyclic) bond motifs is 1. The molecule has 0 aliphatic rings. The highest BCUT2D eigenvalue weighted by Gasteiger charge is 2.22. The summed E-state index contributed by atoms with van der Waals surface area (Å²) in [4.78, 5) is 14.0. The van der Waals surface area contributed by atoms with E-state index in [1.807, 2.05) is 18.2 Å². The van der Waals surface area contributed by atoms with E-state index in [1.54, 1.807) is 31.4 Å². The molecule has 0 aliphatic carbocycles. The van der Waals surface area contributed by atoms with Crippen molar-refractivity contribution in [3.8, 4) is 21.9 Å². The highest BCUT2D eigenvalue weighted by atomic mass is 32.1. The number of carbonyl (C=O) groups excluding carboxylic acids is 1. The lowest BCUT2D eigenvalue weighted by Crippen LogP contribution is -2.01. The normalized spacial score (nSPS) is 10.9. The number of ketones is 1. The zero-order chi connectivity index (χ0) is 19.0. The van der Waals surface area contributed by atoms with E-state index in [1.165, 1.54) is 35.6 Å². The quantitative estimate of drug-likeness (QED) is 0.467. The summed E-state index contributed by atoms with van der Waals surface area (Å²) < 4.78 is 19.6. The zero-order valence-corrected chi connectivity index (χ0v) is 15.2. The Bertz CT molecular complexity index is 1130. The van der Waals surface area contributed by atoms with Gasteiger partial charge < -0.3 is 9.84 Å². The van der Waals surface area contributed by atoms with Crippen LogP contribution in [0.3, 0.4) is 0 Å². The van der Waals surface area contributed by atoms with Gasteiger partial charge in [-0.3, -0.25) is 4.79 Å². The highest BCUT2D eigenvalue weighted by molar-refractivity contribution is 7.22. The second-order valence-corrected chi connectivity index (χ2v) is 7.10. The molecule has 4 aromatic rings. The van der Waals surface area contributed by atoms with E-state index in [-0.39, 0.29) is 17.3 Å². The Morgan fingerprint density at radius 2 is 1.70 bits per heavy atom. The molecule has 5 heteroatoms. The van der Waals surface area contributed by atoms with E-state index < -0.39 is 0 Å². The summed E-state index contributed by atoms with van der Waals surface area (Å²) in [5, 5.41) is 10.3. The van der Waals surface area contributed by atoms with Crippen molar-refractivity contribution in [1.29, 1.82) is 0 Å². The van der Waals surface area contributed by atoms with Crippen LogP contribution in [0.2, 0.25) is 0 Å². The number of halogens is 1. The summed E-state index contributed by atoms with van der Waals surface area (Å²) in [6.45, 7) is 0. The molecular formula is C22H15FO3S. The highest BCUT2D eigenvalue weighted by Crippen LogP contribution is 2.41. The number of ether oxygens (including phenoxy) is 1. The average Bonchev–Trinajstić information content (AvgIpc) is 3.07. The van der Waals surface area contributed by atoms with Gasteiger partial charge in [-0.25, -0.2) is 4.39 Å². The van der Waals surface area contributed by atoms with Gasteiger partial charge in [0.2, 0.25) is 0 Å². The molecule has 0 bridgehead atoms. The van der Waals surface area contributed by atoms with Crippen LogP contribution in [-0.2, 0) is 0 Å². The average molecular weight is 378 g/mol. The molecule has 0 spiro atoms. The Morgan fingerprint density at radius 3 is 2.37 bits per heavy atom. The number of carbonyl (C=O) groups is 1. The van der Waals surface area contributed by atoms with Gasteiger partial charge in [0.25, 0.3) is 0 Å². The fourth-order valence-corrected chi connectivity index (χ4v) is 4.22. The second kappa shape index (κ2) is 6.85. The molecular weight excluding hydrogens is 363 g/mol.